The summed E-state index contributed by atoms with van der Waals surface area (Å²) < 4.78 is 86.1. The van der Waals surface area contributed by atoms with Gasteiger partial charge in [-0.2, -0.15) is 13.2 Å². The lowest BCUT2D eigenvalue weighted by Crippen LogP contribution is -2.13. The molecule has 1 atom stereocenters. The Balaban J connectivity index is 2.45. The van der Waals surface area contributed by atoms with Crippen molar-refractivity contribution < 1.29 is 30.0 Å². The smallest absolute Gasteiger partial charge is 0.377 e. The summed E-state index contributed by atoms with van der Waals surface area (Å²) in [6.07, 6.45) is -2.62. The Morgan fingerprint density at radius 1 is 0.926 bits per heavy atom. The van der Waals surface area contributed by atoms with Gasteiger partial charge in [0.15, 0.2) is 19.7 Å². The van der Waals surface area contributed by atoms with E-state index in [4.69, 9.17) is 0 Å². The van der Waals surface area contributed by atoms with E-state index in [9.17, 15) is 30.0 Å². The molecule has 0 radical (unpaired) electrons. The van der Waals surface area contributed by atoms with Gasteiger partial charge in [0, 0.05) is 18.6 Å². The average molecular weight is 421 g/mol. The topological polar surface area (TPSA) is 80.3 Å². The normalized spacial score (nSPS) is 14.0. The van der Waals surface area contributed by atoms with Gasteiger partial charge in [-0.05, 0) is 42.8 Å². The highest BCUT2D eigenvalue weighted by Gasteiger charge is 2.30. The summed E-state index contributed by atoms with van der Waals surface area (Å²) in [5.41, 5.74) is -0.407. The first-order valence-corrected chi connectivity index (χ1v) is 11.5. The molecule has 0 aliphatic heterocycles. The second-order valence-corrected chi connectivity index (χ2v) is 10.2. The molecular formula is C17H18F3NO4S2. The Kier molecular flexibility index (Phi) is 5.63. The van der Waals surface area contributed by atoms with Crippen molar-refractivity contribution in [2.75, 3.05) is 17.8 Å². The zero-order valence-electron chi connectivity index (χ0n) is 14.7. The molecule has 2 aromatic carbocycles. The lowest BCUT2D eigenvalue weighted by atomic mass is 10.0. The Morgan fingerprint density at radius 3 is 2.07 bits per heavy atom. The van der Waals surface area contributed by atoms with Crippen molar-refractivity contribution in [1.82, 2.24) is 0 Å². The summed E-state index contributed by atoms with van der Waals surface area (Å²) in [7, 11) is -7.40. The summed E-state index contributed by atoms with van der Waals surface area (Å²) >= 11 is 0. The number of rotatable bonds is 5. The van der Waals surface area contributed by atoms with Crippen LogP contribution in [0.5, 0.6) is 0 Å². The molecule has 0 bridgehead atoms. The molecule has 0 amide bonds. The molecule has 148 valence electrons. The first-order chi connectivity index (χ1) is 12.2. The molecular weight excluding hydrogens is 403 g/mol. The predicted octanol–water partition coefficient (Wildman–Crippen LogP) is 3.69. The van der Waals surface area contributed by atoms with Crippen LogP contribution < -0.4 is 5.32 Å². The maximum Gasteiger partial charge on any atom is 0.416 e. The third-order valence-electron chi connectivity index (χ3n) is 3.87. The van der Waals surface area contributed by atoms with E-state index in [0.29, 0.717) is 5.56 Å². The van der Waals surface area contributed by atoms with Crippen molar-refractivity contribution in [2.45, 2.75) is 28.9 Å². The van der Waals surface area contributed by atoms with E-state index in [1.807, 2.05) is 0 Å². The van der Waals surface area contributed by atoms with E-state index in [1.165, 1.54) is 24.3 Å². The van der Waals surface area contributed by atoms with Crippen molar-refractivity contribution in [3.05, 3.63) is 53.6 Å². The third kappa shape index (κ3) is 5.23. The van der Waals surface area contributed by atoms with Gasteiger partial charge in [-0.3, -0.25) is 0 Å². The summed E-state index contributed by atoms with van der Waals surface area (Å²) in [5.74, 6) is 0. The van der Waals surface area contributed by atoms with Gasteiger partial charge in [0.05, 0.1) is 21.0 Å². The van der Waals surface area contributed by atoms with Gasteiger partial charge in [0.1, 0.15) is 0 Å². The minimum absolute atomic E-state index is 0.106. The Labute approximate surface area is 156 Å². The fourth-order valence-corrected chi connectivity index (χ4v) is 4.05. The fourth-order valence-electron chi connectivity index (χ4n) is 2.46. The highest BCUT2D eigenvalue weighted by molar-refractivity contribution is 7.91. The quantitative estimate of drug-likeness (QED) is 0.797. The third-order valence-corrected chi connectivity index (χ3v) is 6.11. The van der Waals surface area contributed by atoms with Crippen LogP contribution in [0.25, 0.3) is 0 Å². The second kappa shape index (κ2) is 7.16. The van der Waals surface area contributed by atoms with Gasteiger partial charge in [-0.1, -0.05) is 12.1 Å². The van der Waals surface area contributed by atoms with Gasteiger partial charge >= 0.3 is 6.18 Å². The summed E-state index contributed by atoms with van der Waals surface area (Å²) in [5, 5.41) is 2.85. The van der Waals surface area contributed by atoms with Crippen LogP contribution in [0.3, 0.4) is 0 Å². The molecule has 27 heavy (non-hydrogen) atoms. The minimum atomic E-state index is -4.50. The summed E-state index contributed by atoms with van der Waals surface area (Å²) in [4.78, 5) is -0.413. The molecule has 0 aliphatic carbocycles. The number of alkyl halides is 3. The number of hydrogen-bond acceptors (Lipinski definition) is 5. The number of anilines is 1. The van der Waals surface area contributed by atoms with Gasteiger partial charge < -0.3 is 5.32 Å². The summed E-state index contributed by atoms with van der Waals surface area (Å²) in [6.45, 7) is 1.58. The van der Waals surface area contributed by atoms with Crippen molar-refractivity contribution in [2.24, 2.45) is 0 Å². The van der Waals surface area contributed by atoms with Gasteiger partial charge in [0.2, 0.25) is 0 Å². The van der Waals surface area contributed by atoms with Crippen LogP contribution in [0.1, 0.15) is 24.1 Å². The van der Waals surface area contributed by atoms with Crippen molar-refractivity contribution >= 4 is 25.4 Å². The predicted molar refractivity (Wildman–Crippen MR) is 96.1 cm³/mol. The highest BCUT2D eigenvalue weighted by Crippen LogP contribution is 2.32. The van der Waals surface area contributed by atoms with Crippen molar-refractivity contribution in [1.29, 1.82) is 0 Å². The average Bonchev–Trinajstić information content (AvgIpc) is 2.52. The van der Waals surface area contributed by atoms with E-state index in [1.54, 1.807) is 6.92 Å². The number of benzene rings is 2. The molecule has 0 saturated carbocycles. The van der Waals surface area contributed by atoms with E-state index in [0.717, 1.165) is 30.7 Å². The van der Waals surface area contributed by atoms with Gasteiger partial charge in [-0.25, -0.2) is 16.8 Å². The molecule has 1 unspecified atom stereocenters. The van der Waals surface area contributed by atoms with E-state index >= 15 is 0 Å². The van der Waals surface area contributed by atoms with E-state index in [2.05, 4.69) is 5.32 Å². The maximum absolute atomic E-state index is 12.9. The first kappa shape index (κ1) is 21.2. The van der Waals surface area contributed by atoms with Crippen molar-refractivity contribution in [3.63, 3.8) is 0 Å². The number of sulfone groups is 2. The SMILES string of the molecule is CC(Nc1ccc(S(C)(=O)=O)cc1S(C)(=O)=O)c1cccc(C(F)(F)F)c1. The molecule has 5 nitrogen and oxygen atoms in total. The molecule has 0 fully saturated rings. The number of nitrogens with one attached hydrogen (secondary N) is 1. The molecule has 2 aromatic rings. The molecule has 0 heterocycles. The molecule has 0 spiro atoms. The van der Waals surface area contributed by atoms with Crippen molar-refractivity contribution in [3.8, 4) is 0 Å². The molecule has 0 saturated heterocycles. The monoisotopic (exact) mass is 421 g/mol. The van der Waals surface area contributed by atoms with Gasteiger partial charge in [-0.15, -0.1) is 0 Å². The highest BCUT2D eigenvalue weighted by atomic mass is 32.2. The largest absolute Gasteiger partial charge is 0.416 e. The van der Waals surface area contributed by atoms with Crippen LogP contribution in [0, 0.1) is 0 Å². The standard InChI is InChI=1S/C17H18F3NO4S2/c1-11(12-5-4-6-13(9-12)17(18,19)20)21-15-8-7-14(26(2,22)23)10-16(15)27(3,24)25/h4-11,21H,1-3H3. The Bertz CT molecular complexity index is 1060. The zero-order chi connectivity index (χ0) is 20.6. The molecule has 0 aliphatic rings. The van der Waals surface area contributed by atoms with Crippen LogP contribution in [0.2, 0.25) is 0 Å². The zero-order valence-corrected chi connectivity index (χ0v) is 16.3. The molecule has 10 heteroatoms. The number of halogens is 3. The van der Waals surface area contributed by atoms with Crippen LogP contribution >= 0.6 is 0 Å². The minimum Gasteiger partial charge on any atom is -0.377 e. The lowest BCUT2D eigenvalue weighted by Gasteiger charge is -2.19. The second-order valence-electron chi connectivity index (χ2n) is 6.19. The first-order valence-electron chi connectivity index (χ1n) is 7.67. The summed E-state index contributed by atoms with van der Waals surface area (Å²) in [6, 6.07) is 7.57. The Morgan fingerprint density at radius 2 is 1.56 bits per heavy atom. The Hall–Kier alpha value is -2.07. The van der Waals surface area contributed by atoms with Crippen LogP contribution in [0.15, 0.2) is 52.3 Å². The van der Waals surface area contributed by atoms with E-state index in [-0.39, 0.29) is 15.5 Å². The maximum atomic E-state index is 12.9. The van der Waals surface area contributed by atoms with Crippen LogP contribution in [0.4, 0.5) is 18.9 Å². The lowest BCUT2D eigenvalue weighted by molar-refractivity contribution is -0.137. The molecule has 1 N–H and O–H groups in total. The van der Waals surface area contributed by atoms with Gasteiger partial charge in [0.25, 0.3) is 0 Å². The van der Waals surface area contributed by atoms with Crippen LogP contribution in [-0.4, -0.2) is 29.3 Å². The van der Waals surface area contributed by atoms with E-state index < -0.39 is 37.5 Å². The molecule has 2 rings (SSSR count). The fraction of sp³-hybridized carbons (Fsp3) is 0.294. The number of hydrogen-bond donors (Lipinski definition) is 1. The van der Waals surface area contributed by atoms with Crippen LogP contribution in [-0.2, 0) is 25.9 Å². The molecule has 0 aromatic heterocycles.